The van der Waals surface area contributed by atoms with E-state index in [2.05, 4.69) is 0 Å². The van der Waals surface area contributed by atoms with Crippen molar-refractivity contribution < 1.29 is 19.0 Å². The fourth-order valence-electron chi connectivity index (χ4n) is 2.95. The van der Waals surface area contributed by atoms with E-state index in [-0.39, 0.29) is 5.91 Å². The Morgan fingerprint density at radius 3 is 2.61 bits per heavy atom. The number of carbonyl (C=O) groups is 1. The number of ether oxygens (including phenoxy) is 3. The van der Waals surface area contributed by atoms with Gasteiger partial charge in [0, 0.05) is 19.2 Å². The third-order valence-corrected chi connectivity index (χ3v) is 4.19. The van der Waals surface area contributed by atoms with Gasteiger partial charge in [-0.3, -0.25) is 4.79 Å². The van der Waals surface area contributed by atoms with Gasteiger partial charge in [0.15, 0.2) is 11.5 Å². The van der Waals surface area contributed by atoms with Crippen LogP contribution in [0.25, 0.3) is 6.08 Å². The summed E-state index contributed by atoms with van der Waals surface area (Å²) in [4.78, 5) is 14.2. The Kier molecular flexibility index (Phi) is 5.05. The van der Waals surface area contributed by atoms with Crippen LogP contribution in [0.5, 0.6) is 17.2 Å². The van der Waals surface area contributed by atoms with E-state index in [1.54, 1.807) is 13.2 Å². The highest BCUT2D eigenvalue weighted by atomic mass is 16.6. The summed E-state index contributed by atoms with van der Waals surface area (Å²) in [6.07, 6.45) is 8.07. The first-order chi connectivity index (χ1) is 11.3. The zero-order valence-corrected chi connectivity index (χ0v) is 13.5. The topological polar surface area (TPSA) is 48.0 Å². The normalized spacial score (nSPS) is 17.9. The van der Waals surface area contributed by atoms with Gasteiger partial charge in [-0.05, 0) is 36.6 Å². The van der Waals surface area contributed by atoms with Crippen LogP contribution >= 0.6 is 0 Å². The molecule has 1 aromatic rings. The molecule has 0 N–H and O–H groups in total. The Bertz CT molecular complexity index is 572. The Morgan fingerprint density at radius 2 is 1.87 bits per heavy atom. The number of methoxy groups -OCH3 is 1. The highest BCUT2D eigenvalue weighted by Crippen LogP contribution is 2.40. The number of hydrogen-bond acceptors (Lipinski definition) is 4. The van der Waals surface area contributed by atoms with Crippen molar-refractivity contribution in [2.45, 2.75) is 25.7 Å². The zero-order valence-electron chi connectivity index (χ0n) is 13.5. The van der Waals surface area contributed by atoms with Crippen LogP contribution in [0.4, 0.5) is 0 Å². The predicted molar refractivity (Wildman–Crippen MR) is 88.1 cm³/mol. The lowest BCUT2D eigenvalue weighted by molar-refractivity contribution is -0.125. The van der Waals surface area contributed by atoms with Crippen molar-refractivity contribution >= 4 is 12.0 Å². The van der Waals surface area contributed by atoms with Crippen LogP contribution in [-0.2, 0) is 4.79 Å². The van der Waals surface area contributed by atoms with Gasteiger partial charge in [0.05, 0.1) is 7.11 Å². The molecule has 0 spiro atoms. The quantitative estimate of drug-likeness (QED) is 0.804. The minimum absolute atomic E-state index is 0.0701. The van der Waals surface area contributed by atoms with Gasteiger partial charge in [0.25, 0.3) is 0 Å². The largest absolute Gasteiger partial charge is 0.493 e. The predicted octanol–water partition coefficient (Wildman–Crippen LogP) is 2.88. The first-order valence-corrected chi connectivity index (χ1v) is 8.22. The molecule has 0 aliphatic carbocycles. The molecule has 1 fully saturated rings. The molecule has 0 aromatic heterocycles. The Balaban J connectivity index is 1.75. The molecular weight excluding hydrogens is 294 g/mol. The molecular formula is C18H23NO4. The molecule has 124 valence electrons. The molecule has 5 nitrogen and oxygen atoms in total. The molecule has 0 bridgehead atoms. The zero-order chi connectivity index (χ0) is 16.1. The van der Waals surface area contributed by atoms with Crippen molar-refractivity contribution in [3.8, 4) is 17.2 Å². The molecule has 3 rings (SSSR count). The van der Waals surface area contributed by atoms with Crippen LogP contribution < -0.4 is 14.2 Å². The van der Waals surface area contributed by atoms with Crippen LogP contribution in [0.1, 0.15) is 31.2 Å². The second-order valence-corrected chi connectivity index (χ2v) is 5.82. The number of rotatable bonds is 3. The van der Waals surface area contributed by atoms with E-state index in [1.165, 1.54) is 12.8 Å². The Labute approximate surface area is 136 Å². The lowest BCUT2D eigenvalue weighted by Crippen LogP contribution is -2.30. The van der Waals surface area contributed by atoms with Crippen molar-refractivity contribution in [2.24, 2.45) is 0 Å². The average Bonchev–Trinajstić information content (AvgIpc) is 2.88. The number of nitrogens with zero attached hydrogens (tertiary/aromatic N) is 1. The van der Waals surface area contributed by atoms with Gasteiger partial charge >= 0.3 is 0 Å². The summed E-state index contributed by atoms with van der Waals surface area (Å²) < 4.78 is 16.6. The first kappa shape index (κ1) is 15.7. The second-order valence-electron chi connectivity index (χ2n) is 5.82. The second kappa shape index (κ2) is 7.40. The lowest BCUT2D eigenvalue weighted by atomic mass is 10.1. The van der Waals surface area contributed by atoms with Crippen LogP contribution in [0.15, 0.2) is 18.2 Å². The number of benzene rings is 1. The van der Waals surface area contributed by atoms with Gasteiger partial charge in [-0.25, -0.2) is 0 Å². The van der Waals surface area contributed by atoms with E-state index in [0.29, 0.717) is 30.5 Å². The molecule has 1 aromatic carbocycles. The number of amides is 1. The number of hydrogen-bond donors (Lipinski definition) is 0. The third-order valence-electron chi connectivity index (χ3n) is 4.19. The summed E-state index contributed by atoms with van der Waals surface area (Å²) in [6.45, 7) is 2.75. The molecule has 2 aliphatic heterocycles. The maximum absolute atomic E-state index is 12.3. The van der Waals surface area contributed by atoms with Crippen LogP contribution in [0, 0.1) is 0 Å². The van der Waals surface area contributed by atoms with Crippen molar-refractivity contribution in [3.63, 3.8) is 0 Å². The highest BCUT2D eigenvalue weighted by molar-refractivity contribution is 5.92. The fourth-order valence-corrected chi connectivity index (χ4v) is 2.95. The molecule has 0 radical (unpaired) electrons. The molecule has 0 atom stereocenters. The minimum atomic E-state index is 0.0701. The molecule has 5 heteroatoms. The molecule has 1 saturated heterocycles. The van der Waals surface area contributed by atoms with E-state index in [1.807, 2.05) is 23.1 Å². The van der Waals surface area contributed by atoms with Gasteiger partial charge in [-0.2, -0.15) is 0 Å². The summed E-state index contributed by atoms with van der Waals surface area (Å²) in [5.41, 5.74) is 0.870. The maximum Gasteiger partial charge on any atom is 0.246 e. The van der Waals surface area contributed by atoms with Crippen molar-refractivity contribution in [1.82, 2.24) is 4.90 Å². The standard InChI is InChI=1S/C18H23NO4/c1-21-15-12-14(13-16-18(15)23-11-10-22-16)6-7-17(20)19-8-4-2-3-5-9-19/h6-7,12-13H,2-5,8-11H2,1H3/b7-6+. The molecule has 1 amide bonds. The van der Waals surface area contributed by atoms with Gasteiger partial charge in [0.1, 0.15) is 13.2 Å². The SMILES string of the molecule is COc1cc(/C=C/C(=O)N2CCCCCC2)cc2c1OCCO2. The van der Waals surface area contributed by atoms with E-state index in [0.717, 1.165) is 31.5 Å². The monoisotopic (exact) mass is 317 g/mol. The van der Waals surface area contributed by atoms with Gasteiger partial charge in [0.2, 0.25) is 11.7 Å². The van der Waals surface area contributed by atoms with E-state index in [4.69, 9.17) is 14.2 Å². The van der Waals surface area contributed by atoms with Crippen LogP contribution in [0.2, 0.25) is 0 Å². The molecule has 0 unspecified atom stereocenters. The van der Waals surface area contributed by atoms with Crippen molar-refractivity contribution in [3.05, 3.63) is 23.8 Å². The highest BCUT2D eigenvalue weighted by Gasteiger charge is 2.18. The average molecular weight is 317 g/mol. The Hall–Kier alpha value is -2.17. The summed E-state index contributed by atoms with van der Waals surface area (Å²) in [5, 5.41) is 0. The van der Waals surface area contributed by atoms with E-state index < -0.39 is 0 Å². The van der Waals surface area contributed by atoms with Gasteiger partial charge in [-0.1, -0.05) is 12.8 Å². The van der Waals surface area contributed by atoms with Crippen LogP contribution in [-0.4, -0.2) is 44.2 Å². The molecule has 2 heterocycles. The van der Waals surface area contributed by atoms with Gasteiger partial charge < -0.3 is 19.1 Å². The van der Waals surface area contributed by atoms with E-state index in [9.17, 15) is 4.79 Å². The smallest absolute Gasteiger partial charge is 0.246 e. The summed E-state index contributed by atoms with van der Waals surface area (Å²) >= 11 is 0. The minimum Gasteiger partial charge on any atom is -0.493 e. The van der Waals surface area contributed by atoms with Crippen molar-refractivity contribution in [1.29, 1.82) is 0 Å². The number of carbonyl (C=O) groups excluding carboxylic acids is 1. The fraction of sp³-hybridized carbons (Fsp3) is 0.500. The summed E-state index contributed by atoms with van der Waals surface area (Å²) in [7, 11) is 1.60. The summed E-state index contributed by atoms with van der Waals surface area (Å²) in [5.74, 6) is 2.00. The number of likely N-dealkylation sites (tertiary alicyclic amines) is 1. The van der Waals surface area contributed by atoms with Crippen molar-refractivity contribution in [2.75, 3.05) is 33.4 Å². The molecule has 0 saturated carbocycles. The molecule has 2 aliphatic rings. The Morgan fingerprint density at radius 1 is 1.13 bits per heavy atom. The lowest BCUT2D eigenvalue weighted by Gasteiger charge is -2.21. The van der Waals surface area contributed by atoms with Crippen LogP contribution in [0.3, 0.4) is 0 Å². The summed E-state index contributed by atoms with van der Waals surface area (Å²) in [6, 6.07) is 3.74. The van der Waals surface area contributed by atoms with E-state index >= 15 is 0 Å². The third kappa shape index (κ3) is 3.78. The van der Waals surface area contributed by atoms with Gasteiger partial charge in [-0.15, -0.1) is 0 Å². The maximum atomic E-state index is 12.3. The first-order valence-electron chi connectivity index (χ1n) is 8.22. The number of fused-ring (bicyclic) bond motifs is 1. The molecule has 23 heavy (non-hydrogen) atoms.